The lowest BCUT2D eigenvalue weighted by molar-refractivity contribution is -0.135. The van der Waals surface area contributed by atoms with E-state index < -0.39 is 0 Å². The van der Waals surface area contributed by atoms with Crippen LogP contribution in [-0.2, 0) is 11.3 Å². The molecule has 1 heterocycles. The maximum absolute atomic E-state index is 14.0. The largest absolute Gasteiger partial charge is 0.335 e. The average Bonchev–Trinajstić information content (AvgIpc) is 3.08. The van der Waals surface area contributed by atoms with Crippen molar-refractivity contribution in [2.24, 2.45) is 0 Å². The highest BCUT2D eigenvalue weighted by atomic mass is 19.1. The molecule has 0 spiro atoms. The van der Waals surface area contributed by atoms with Gasteiger partial charge in [-0.25, -0.2) is 4.39 Å². The Balaban J connectivity index is 1.72. The second kappa shape index (κ2) is 7.88. The molecule has 1 atom stereocenters. The van der Waals surface area contributed by atoms with Crippen molar-refractivity contribution >= 4 is 5.91 Å². The van der Waals surface area contributed by atoms with Gasteiger partial charge in [-0.05, 0) is 25.3 Å². The lowest BCUT2D eigenvalue weighted by Gasteiger charge is -2.35. The molecule has 0 radical (unpaired) electrons. The van der Waals surface area contributed by atoms with E-state index in [1.807, 2.05) is 11.0 Å². The highest BCUT2D eigenvalue weighted by Gasteiger charge is 2.28. The van der Waals surface area contributed by atoms with E-state index >= 15 is 0 Å². The fourth-order valence-electron chi connectivity index (χ4n) is 3.64. The van der Waals surface area contributed by atoms with Gasteiger partial charge in [-0.2, -0.15) is 0 Å². The number of hydrogen-bond acceptors (Lipinski definition) is 3. The smallest absolute Gasteiger partial charge is 0.224 e. The third-order valence-corrected chi connectivity index (χ3v) is 4.98. The Morgan fingerprint density at radius 3 is 2.65 bits per heavy atom. The van der Waals surface area contributed by atoms with Gasteiger partial charge in [0.25, 0.3) is 0 Å². The standard InChI is InChI=1S/C18H26FN3O/c19-17-9-5-4-6-14(17)13-22(16-7-2-1-3-8-16)18(23)12-15-10-11-20-21-15/h4-6,9,15-16,20-21H,1-3,7-8,10-13H2. The van der Waals surface area contributed by atoms with E-state index in [-0.39, 0.29) is 23.8 Å². The third kappa shape index (κ3) is 4.30. The number of nitrogens with zero attached hydrogens (tertiary/aromatic N) is 1. The summed E-state index contributed by atoms with van der Waals surface area (Å²) in [5, 5.41) is 0. The van der Waals surface area contributed by atoms with Crippen molar-refractivity contribution in [3.8, 4) is 0 Å². The van der Waals surface area contributed by atoms with Gasteiger partial charge in [0, 0.05) is 37.2 Å². The molecule has 1 unspecified atom stereocenters. The van der Waals surface area contributed by atoms with Gasteiger partial charge < -0.3 is 4.90 Å². The zero-order valence-electron chi connectivity index (χ0n) is 13.6. The minimum absolute atomic E-state index is 0.140. The molecule has 5 heteroatoms. The van der Waals surface area contributed by atoms with E-state index in [0.717, 1.165) is 38.6 Å². The summed E-state index contributed by atoms with van der Waals surface area (Å²) in [5.74, 6) is -0.0804. The average molecular weight is 319 g/mol. The first-order chi connectivity index (χ1) is 11.2. The summed E-state index contributed by atoms with van der Waals surface area (Å²) in [6.45, 7) is 1.28. The van der Waals surface area contributed by atoms with Gasteiger partial charge in [0.2, 0.25) is 5.91 Å². The summed E-state index contributed by atoms with van der Waals surface area (Å²) in [4.78, 5) is 14.8. The topological polar surface area (TPSA) is 44.4 Å². The quantitative estimate of drug-likeness (QED) is 0.877. The molecule has 2 fully saturated rings. The van der Waals surface area contributed by atoms with Crippen LogP contribution in [-0.4, -0.2) is 29.4 Å². The van der Waals surface area contributed by atoms with E-state index in [0.29, 0.717) is 18.5 Å². The van der Waals surface area contributed by atoms with Crippen LogP contribution in [0.4, 0.5) is 4.39 Å². The van der Waals surface area contributed by atoms with Crippen molar-refractivity contribution in [2.45, 2.75) is 63.6 Å². The fraction of sp³-hybridized carbons (Fsp3) is 0.611. The predicted molar refractivity (Wildman–Crippen MR) is 88.0 cm³/mol. The molecule has 1 saturated carbocycles. The van der Waals surface area contributed by atoms with Gasteiger partial charge in [-0.1, -0.05) is 37.5 Å². The zero-order valence-corrected chi connectivity index (χ0v) is 13.6. The third-order valence-electron chi connectivity index (χ3n) is 4.98. The van der Waals surface area contributed by atoms with E-state index in [4.69, 9.17) is 0 Å². The normalized spacial score (nSPS) is 22.2. The Kier molecular flexibility index (Phi) is 5.62. The molecule has 1 aliphatic heterocycles. The SMILES string of the molecule is O=C(CC1CCNN1)N(Cc1ccccc1F)C1CCCCC1. The molecule has 3 rings (SSSR count). The van der Waals surface area contributed by atoms with E-state index in [1.165, 1.54) is 12.5 Å². The summed E-state index contributed by atoms with van der Waals surface area (Å²) in [5.41, 5.74) is 6.84. The minimum atomic E-state index is -0.221. The molecule has 1 saturated heterocycles. The molecule has 4 nitrogen and oxygen atoms in total. The Morgan fingerprint density at radius 1 is 1.17 bits per heavy atom. The summed E-state index contributed by atoms with van der Waals surface area (Å²) in [7, 11) is 0. The van der Waals surface area contributed by atoms with Crippen LogP contribution >= 0.6 is 0 Å². The molecule has 0 bridgehead atoms. The van der Waals surface area contributed by atoms with Crippen LogP contribution in [0.25, 0.3) is 0 Å². The molecule has 0 aromatic heterocycles. The van der Waals surface area contributed by atoms with Gasteiger partial charge in [0.15, 0.2) is 0 Å². The van der Waals surface area contributed by atoms with Crippen molar-refractivity contribution < 1.29 is 9.18 Å². The van der Waals surface area contributed by atoms with Crippen molar-refractivity contribution in [1.29, 1.82) is 0 Å². The summed E-state index contributed by atoms with van der Waals surface area (Å²) < 4.78 is 14.0. The number of benzene rings is 1. The number of hydrogen-bond donors (Lipinski definition) is 2. The minimum Gasteiger partial charge on any atom is -0.335 e. The number of halogens is 1. The van der Waals surface area contributed by atoms with Crippen LogP contribution in [0.5, 0.6) is 0 Å². The Bertz CT molecular complexity index is 525. The van der Waals surface area contributed by atoms with E-state index in [1.54, 1.807) is 12.1 Å². The van der Waals surface area contributed by atoms with Crippen LogP contribution in [0.2, 0.25) is 0 Å². The van der Waals surface area contributed by atoms with Crippen LogP contribution < -0.4 is 10.9 Å². The number of amides is 1. The summed E-state index contributed by atoms with van der Waals surface area (Å²) in [6, 6.07) is 7.23. The second-order valence-corrected chi connectivity index (χ2v) is 6.67. The molecule has 2 N–H and O–H groups in total. The highest BCUT2D eigenvalue weighted by Crippen LogP contribution is 2.26. The molecule has 2 aliphatic rings. The van der Waals surface area contributed by atoms with Gasteiger partial charge in [-0.15, -0.1) is 0 Å². The summed E-state index contributed by atoms with van der Waals surface area (Å²) in [6.07, 6.45) is 7.09. The van der Waals surface area contributed by atoms with Crippen LogP contribution in [0.1, 0.15) is 50.5 Å². The predicted octanol–water partition coefficient (Wildman–Crippen LogP) is 2.74. The van der Waals surface area contributed by atoms with Gasteiger partial charge in [-0.3, -0.25) is 15.6 Å². The molecular formula is C18H26FN3O. The van der Waals surface area contributed by atoms with Gasteiger partial charge in [0.05, 0.1) is 0 Å². The maximum atomic E-state index is 14.0. The van der Waals surface area contributed by atoms with Crippen molar-refractivity contribution in [1.82, 2.24) is 15.8 Å². The highest BCUT2D eigenvalue weighted by molar-refractivity contribution is 5.77. The molecule has 1 aromatic rings. The monoisotopic (exact) mass is 319 g/mol. The number of rotatable bonds is 5. The maximum Gasteiger partial charge on any atom is 0.224 e. The van der Waals surface area contributed by atoms with Crippen LogP contribution in [0.15, 0.2) is 24.3 Å². The van der Waals surface area contributed by atoms with E-state index in [2.05, 4.69) is 10.9 Å². The molecule has 126 valence electrons. The Morgan fingerprint density at radius 2 is 1.96 bits per heavy atom. The Labute approximate surface area is 137 Å². The molecule has 23 heavy (non-hydrogen) atoms. The first-order valence-electron chi connectivity index (χ1n) is 8.75. The van der Waals surface area contributed by atoms with Crippen molar-refractivity contribution in [2.75, 3.05) is 6.54 Å². The molecular weight excluding hydrogens is 293 g/mol. The van der Waals surface area contributed by atoms with Gasteiger partial charge >= 0.3 is 0 Å². The second-order valence-electron chi connectivity index (χ2n) is 6.67. The Hall–Kier alpha value is -1.46. The van der Waals surface area contributed by atoms with Crippen molar-refractivity contribution in [3.63, 3.8) is 0 Å². The zero-order chi connectivity index (χ0) is 16.1. The number of nitrogens with one attached hydrogen (secondary N) is 2. The first-order valence-corrected chi connectivity index (χ1v) is 8.75. The number of carbonyl (C=O) groups excluding carboxylic acids is 1. The first kappa shape index (κ1) is 16.4. The number of carbonyl (C=O) groups is 1. The molecule has 1 amide bonds. The van der Waals surface area contributed by atoms with Crippen molar-refractivity contribution in [3.05, 3.63) is 35.6 Å². The van der Waals surface area contributed by atoms with Crippen LogP contribution in [0, 0.1) is 5.82 Å². The number of hydrazine groups is 1. The molecule has 1 aromatic carbocycles. The van der Waals surface area contributed by atoms with E-state index in [9.17, 15) is 9.18 Å². The summed E-state index contributed by atoms with van der Waals surface area (Å²) >= 11 is 0. The van der Waals surface area contributed by atoms with Crippen LogP contribution in [0.3, 0.4) is 0 Å². The lowest BCUT2D eigenvalue weighted by atomic mass is 9.93. The fourth-order valence-corrected chi connectivity index (χ4v) is 3.64. The molecule has 1 aliphatic carbocycles. The lowest BCUT2D eigenvalue weighted by Crippen LogP contribution is -2.44. The van der Waals surface area contributed by atoms with Gasteiger partial charge in [0.1, 0.15) is 5.82 Å².